The summed E-state index contributed by atoms with van der Waals surface area (Å²) in [6.45, 7) is 9.46. The van der Waals surface area contributed by atoms with E-state index in [2.05, 4.69) is 19.2 Å². The Kier molecular flexibility index (Phi) is 4.30. The normalized spacial score (nSPS) is 23.0. The second-order valence-electron chi connectivity index (χ2n) is 5.67. The zero-order valence-electron chi connectivity index (χ0n) is 12.2. The van der Waals surface area contributed by atoms with Crippen LogP contribution >= 0.6 is 0 Å². The third-order valence-electron chi connectivity index (χ3n) is 3.73. The molecule has 1 aromatic rings. The molecule has 0 unspecified atom stereocenters. The van der Waals surface area contributed by atoms with Gasteiger partial charge in [-0.15, -0.1) is 0 Å². The average Bonchev–Trinajstić information content (AvgIpc) is 2.92. The van der Waals surface area contributed by atoms with Crippen molar-refractivity contribution >= 4 is 5.91 Å². The van der Waals surface area contributed by atoms with Crippen molar-refractivity contribution < 1.29 is 13.9 Å². The molecule has 2 heterocycles. The second kappa shape index (κ2) is 5.78. The van der Waals surface area contributed by atoms with Gasteiger partial charge in [0.15, 0.2) is 0 Å². The number of carbonyl (C=O) groups excluding carboxylic acids is 1. The third-order valence-corrected chi connectivity index (χ3v) is 3.73. The first kappa shape index (κ1) is 14.1. The van der Waals surface area contributed by atoms with Crippen molar-refractivity contribution in [1.29, 1.82) is 0 Å². The topological polar surface area (TPSA) is 51.5 Å². The number of ether oxygens (including phenoxy) is 1. The smallest absolute Gasteiger partial charge is 0.254 e. The van der Waals surface area contributed by atoms with Gasteiger partial charge in [0, 0.05) is 19.1 Å². The molecule has 19 heavy (non-hydrogen) atoms. The SMILES string of the molecule is Cc1cc(C(=O)NC[C@@H]2CCO[C@H]2C(C)C)c(C)o1. The zero-order chi connectivity index (χ0) is 14.0. The molecule has 2 rings (SSSR count). The maximum absolute atomic E-state index is 12.1. The summed E-state index contributed by atoms with van der Waals surface area (Å²) < 4.78 is 11.1. The van der Waals surface area contributed by atoms with E-state index in [1.807, 2.05) is 13.8 Å². The number of amides is 1. The first-order chi connectivity index (χ1) is 8.99. The summed E-state index contributed by atoms with van der Waals surface area (Å²) in [5.41, 5.74) is 0.637. The van der Waals surface area contributed by atoms with Crippen molar-refractivity contribution in [3.05, 3.63) is 23.2 Å². The Labute approximate surface area is 114 Å². The molecule has 0 spiro atoms. The standard InChI is InChI=1S/C15H23NO3/c1-9(2)14-12(5-6-18-14)8-16-15(17)13-7-10(3)19-11(13)4/h7,9,12,14H,5-6,8H2,1-4H3,(H,16,17)/t12-,14-/m0/s1. The van der Waals surface area contributed by atoms with Crippen LogP contribution in [-0.2, 0) is 4.74 Å². The largest absolute Gasteiger partial charge is 0.466 e. The van der Waals surface area contributed by atoms with Crippen LogP contribution in [0.5, 0.6) is 0 Å². The van der Waals surface area contributed by atoms with Gasteiger partial charge < -0.3 is 14.5 Å². The molecule has 0 bridgehead atoms. The first-order valence-corrected chi connectivity index (χ1v) is 6.96. The van der Waals surface area contributed by atoms with Crippen LogP contribution in [0.2, 0.25) is 0 Å². The maximum atomic E-state index is 12.1. The highest BCUT2D eigenvalue weighted by Crippen LogP contribution is 2.26. The van der Waals surface area contributed by atoms with Crippen LogP contribution in [0, 0.1) is 25.7 Å². The quantitative estimate of drug-likeness (QED) is 0.910. The van der Waals surface area contributed by atoms with E-state index >= 15 is 0 Å². The highest BCUT2D eigenvalue weighted by Gasteiger charge is 2.31. The van der Waals surface area contributed by atoms with E-state index in [0.29, 0.717) is 29.7 Å². The van der Waals surface area contributed by atoms with Crippen LogP contribution < -0.4 is 5.32 Å². The predicted molar refractivity (Wildman–Crippen MR) is 73.2 cm³/mol. The fraction of sp³-hybridized carbons (Fsp3) is 0.667. The molecule has 1 N–H and O–H groups in total. The minimum absolute atomic E-state index is 0.0521. The van der Waals surface area contributed by atoms with Crippen LogP contribution in [0.25, 0.3) is 0 Å². The van der Waals surface area contributed by atoms with E-state index in [1.54, 1.807) is 6.07 Å². The number of rotatable bonds is 4. The minimum Gasteiger partial charge on any atom is -0.466 e. The van der Waals surface area contributed by atoms with Gasteiger partial charge in [0.1, 0.15) is 11.5 Å². The number of furan rings is 1. The molecule has 2 atom stereocenters. The van der Waals surface area contributed by atoms with Crippen molar-refractivity contribution in [2.75, 3.05) is 13.2 Å². The summed E-state index contributed by atoms with van der Waals surface area (Å²) in [6, 6.07) is 1.79. The molecule has 1 amide bonds. The summed E-state index contributed by atoms with van der Waals surface area (Å²) in [7, 11) is 0. The molecular weight excluding hydrogens is 242 g/mol. The number of nitrogens with one attached hydrogen (secondary N) is 1. The summed E-state index contributed by atoms with van der Waals surface area (Å²) in [4.78, 5) is 12.1. The fourth-order valence-electron chi connectivity index (χ4n) is 2.79. The Morgan fingerprint density at radius 3 is 2.79 bits per heavy atom. The molecule has 0 aromatic carbocycles. The van der Waals surface area contributed by atoms with Crippen LogP contribution in [-0.4, -0.2) is 25.2 Å². The number of hydrogen-bond donors (Lipinski definition) is 1. The number of aryl methyl sites for hydroxylation is 2. The van der Waals surface area contributed by atoms with E-state index in [4.69, 9.17) is 9.15 Å². The molecule has 0 aliphatic carbocycles. The summed E-state index contributed by atoms with van der Waals surface area (Å²) in [6.07, 6.45) is 1.28. The van der Waals surface area contributed by atoms with E-state index in [0.717, 1.165) is 18.8 Å². The van der Waals surface area contributed by atoms with Crippen LogP contribution in [0.15, 0.2) is 10.5 Å². The highest BCUT2D eigenvalue weighted by atomic mass is 16.5. The molecule has 0 saturated carbocycles. The lowest BCUT2D eigenvalue weighted by molar-refractivity contribution is 0.0533. The summed E-state index contributed by atoms with van der Waals surface area (Å²) in [5.74, 6) is 2.30. The van der Waals surface area contributed by atoms with Crippen LogP contribution in [0.3, 0.4) is 0 Å². The van der Waals surface area contributed by atoms with Gasteiger partial charge in [0.2, 0.25) is 0 Å². The molecule has 0 radical (unpaired) electrons. The van der Waals surface area contributed by atoms with E-state index in [1.165, 1.54) is 0 Å². The molecule has 106 valence electrons. The van der Waals surface area contributed by atoms with Crippen molar-refractivity contribution in [2.45, 2.75) is 40.2 Å². The van der Waals surface area contributed by atoms with Crippen LogP contribution in [0.4, 0.5) is 0 Å². The lowest BCUT2D eigenvalue weighted by Crippen LogP contribution is -2.35. The molecule has 1 aromatic heterocycles. The number of carbonyl (C=O) groups is 1. The van der Waals surface area contributed by atoms with Gasteiger partial charge in [-0.25, -0.2) is 0 Å². The third kappa shape index (κ3) is 3.18. The van der Waals surface area contributed by atoms with E-state index in [9.17, 15) is 4.79 Å². The Bertz CT molecular complexity index is 450. The van der Waals surface area contributed by atoms with Gasteiger partial charge in [0.25, 0.3) is 5.91 Å². The van der Waals surface area contributed by atoms with Gasteiger partial charge in [-0.1, -0.05) is 13.8 Å². The van der Waals surface area contributed by atoms with Gasteiger partial charge in [-0.3, -0.25) is 4.79 Å². The Morgan fingerprint density at radius 2 is 2.21 bits per heavy atom. The summed E-state index contributed by atoms with van der Waals surface area (Å²) in [5, 5.41) is 3.00. The monoisotopic (exact) mass is 265 g/mol. The lowest BCUT2D eigenvalue weighted by Gasteiger charge is -2.22. The van der Waals surface area contributed by atoms with Crippen LogP contribution in [0.1, 0.15) is 42.1 Å². The van der Waals surface area contributed by atoms with Crippen molar-refractivity contribution in [2.24, 2.45) is 11.8 Å². The molecule has 1 saturated heterocycles. The number of hydrogen-bond acceptors (Lipinski definition) is 3. The maximum Gasteiger partial charge on any atom is 0.254 e. The van der Waals surface area contributed by atoms with Gasteiger partial charge in [0.05, 0.1) is 11.7 Å². The average molecular weight is 265 g/mol. The van der Waals surface area contributed by atoms with E-state index in [-0.39, 0.29) is 12.0 Å². The first-order valence-electron chi connectivity index (χ1n) is 6.96. The molecule has 4 nitrogen and oxygen atoms in total. The van der Waals surface area contributed by atoms with Gasteiger partial charge >= 0.3 is 0 Å². The molecule has 4 heteroatoms. The Morgan fingerprint density at radius 1 is 1.47 bits per heavy atom. The predicted octanol–water partition coefficient (Wildman–Crippen LogP) is 2.69. The van der Waals surface area contributed by atoms with Crippen molar-refractivity contribution in [3.8, 4) is 0 Å². The molecule has 1 aliphatic rings. The Hall–Kier alpha value is -1.29. The molecular formula is C15H23NO3. The van der Waals surface area contributed by atoms with Crippen molar-refractivity contribution in [3.63, 3.8) is 0 Å². The summed E-state index contributed by atoms with van der Waals surface area (Å²) >= 11 is 0. The molecule has 1 fully saturated rings. The second-order valence-corrected chi connectivity index (χ2v) is 5.67. The molecule has 1 aliphatic heterocycles. The highest BCUT2D eigenvalue weighted by molar-refractivity contribution is 5.95. The van der Waals surface area contributed by atoms with Gasteiger partial charge in [-0.2, -0.15) is 0 Å². The Balaban J connectivity index is 1.92. The van der Waals surface area contributed by atoms with E-state index < -0.39 is 0 Å². The van der Waals surface area contributed by atoms with Crippen molar-refractivity contribution in [1.82, 2.24) is 5.32 Å². The minimum atomic E-state index is -0.0521. The lowest BCUT2D eigenvalue weighted by atomic mass is 9.93. The zero-order valence-corrected chi connectivity index (χ0v) is 12.2. The van der Waals surface area contributed by atoms with Gasteiger partial charge in [-0.05, 0) is 32.3 Å². The fourth-order valence-corrected chi connectivity index (χ4v) is 2.79.